The lowest BCUT2D eigenvalue weighted by molar-refractivity contribution is 0.483. The lowest BCUT2D eigenvalue weighted by atomic mass is 10.1. The number of hydrazone groups is 1. The van der Waals surface area contributed by atoms with E-state index in [1.165, 1.54) is 24.0 Å². The fourth-order valence-electron chi connectivity index (χ4n) is 3.56. The van der Waals surface area contributed by atoms with Gasteiger partial charge in [-0.2, -0.15) is 5.10 Å². The van der Waals surface area contributed by atoms with E-state index in [1.54, 1.807) is 0 Å². The molecule has 0 bridgehead atoms. The first-order valence-electron chi connectivity index (χ1n) is 11.3. The third-order valence-corrected chi connectivity index (χ3v) is 6.12. The SMILES string of the molecule is CCc1ccc(/C=C/C(/C=C/c2ccc(CC)cc2)=NNC2=NCC3(CC3)CN2)cc1. The van der Waals surface area contributed by atoms with E-state index in [0.717, 1.165) is 48.7 Å². The molecule has 1 saturated carbocycles. The number of guanidine groups is 1. The summed E-state index contributed by atoms with van der Waals surface area (Å²) >= 11 is 0. The average Bonchev–Trinajstić information content (AvgIpc) is 3.59. The summed E-state index contributed by atoms with van der Waals surface area (Å²) in [7, 11) is 0. The Balaban J connectivity index is 1.49. The van der Waals surface area contributed by atoms with Gasteiger partial charge in [-0.3, -0.25) is 4.99 Å². The Kier molecular flexibility index (Phi) is 6.66. The fraction of sp³-hybridized carbons (Fsp3) is 0.333. The van der Waals surface area contributed by atoms with E-state index in [9.17, 15) is 0 Å². The predicted molar refractivity (Wildman–Crippen MR) is 132 cm³/mol. The minimum absolute atomic E-state index is 0.423. The molecule has 4 nitrogen and oxygen atoms in total. The molecule has 1 fully saturated rings. The number of rotatable bonds is 7. The summed E-state index contributed by atoms with van der Waals surface area (Å²) in [6.45, 7) is 6.23. The zero-order chi connectivity index (χ0) is 21.5. The summed E-state index contributed by atoms with van der Waals surface area (Å²) < 4.78 is 0. The van der Waals surface area contributed by atoms with Crippen molar-refractivity contribution < 1.29 is 0 Å². The normalized spacial score (nSPS) is 16.9. The van der Waals surface area contributed by atoms with E-state index < -0.39 is 0 Å². The monoisotopic (exact) mass is 412 g/mol. The Hall–Kier alpha value is -3.14. The van der Waals surface area contributed by atoms with Gasteiger partial charge in [0.1, 0.15) is 0 Å². The maximum atomic E-state index is 4.63. The van der Waals surface area contributed by atoms with Crippen LogP contribution in [-0.4, -0.2) is 24.8 Å². The van der Waals surface area contributed by atoms with Crippen molar-refractivity contribution in [1.29, 1.82) is 0 Å². The third kappa shape index (κ3) is 5.94. The number of hydrogen-bond acceptors (Lipinski definition) is 4. The van der Waals surface area contributed by atoms with Crippen molar-refractivity contribution in [2.24, 2.45) is 15.5 Å². The van der Waals surface area contributed by atoms with Crippen LogP contribution in [0, 0.1) is 5.41 Å². The Bertz CT molecular complexity index is 931. The van der Waals surface area contributed by atoms with Gasteiger partial charge in [0.25, 0.3) is 0 Å². The molecule has 31 heavy (non-hydrogen) atoms. The second-order valence-electron chi connectivity index (χ2n) is 8.52. The molecule has 0 amide bonds. The van der Waals surface area contributed by atoms with Gasteiger partial charge in [0.15, 0.2) is 0 Å². The first kappa shape index (κ1) is 21.1. The molecular weight excluding hydrogens is 380 g/mol. The Labute approximate surface area is 185 Å². The summed E-state index contributed by atoms with van der Waals surface area (Å²) in [4.78, 5) is 4.63. The quantitative estimate of drug-likeness (QED) is 0.484. The number of benzene rings is 2. The second-order valence-corrected chi connectivity index (χ2v) is 8.52. The minimum Gasteiger partial charge on any atom is -0.354 e. The number of nitrogens with one attached hydrogen (secondary N) is 2. The molecule has 4 rings (SSSR count). The maximum Gasteiger partial charge on any atom is 0.212 e. The van der Waals surface area contributed by atoms with Crippen LogP contribution in [0.2, 0.25) is 0 Å². The summed E-state index contributed by atoms with van der Waals surface area (Å²) in [5, 5.41) is 8.00. The van der Waals surface area contributed by atoms with Gasteiger partial charge in [-0.1, -0.05) is 74.5 Å². The van der Waals surface area contributed by atoms with Gasteiger partial charge < -0.3 is 5.32 Å². The van der Waals surface area contributed by atoms with Crippen LogP contribution >= 0.6 is 0 Å². The van der Waals surface area contributed by atoms with Crippen LogP contribution in [0.15, 0.2) is 70.8 Å². The van der Waals surface area contributed by atoms with Crippen LogP contribution in [0.3, 0.4) is 0 Å². The van der Waals surface area contributed by atoms with E-state index >= 15 is 0 Å². The summed E-state index contributed by atoms with van der Waals surface area (Å²) in [6, 6.07) is 17.3. The number of aryl methyl sites for hydroxylation is 2. The Morgan fingerprint density at radius 1 is 0.935 bits per heavy atom. The van der Waals surface area contributed by atoms with Gasteiger partial charge >= 0.3 is 0 Å². The maximum absolute atomic E-state index is 4.63. The minimum atomic E-state index is 0.423. The molecule has 0 aromatic heterocycles. The van der Waals surface area contributed by atoms with Crippen molar-refractivity contribution in [1.82, 2.24) is 10.7 Å². The highest BCUT2D eigenvalue weighted by Gasteiger charge is 2.44. The van der Waals surface area contributed by atoms with Crippen LogP contribution in [0.4, 0.5) is 0 Å². The first-order valence-corrected chi connectivity index (χ1v) is 11.3. The zero-order valence-corrected chi connectivity index (χ0v) is 18.6. The van der Waals surface area contributed by atoms with Gasteiger partial charge in [-0.15, -0.1) is 0 Å². The van der Waals surface area contributed by atoms with E-state index in [4.69, 9.17) is 0 Å². The molecular formula is C27H32N4. The van der Waals surface area contributed by atoms with Crippen LogP contribution < -0.4 is 10.7 Å². The average molecular weight is 413 g/mol. The van der Waals surface area contributed by atoms with Crippen molar-refractivity contribution in [3.8, 4) is 0 Å². The molecule has 2 aromatic carbocycles. The molecule has 1 heterocycles. The van der Waals surface area contributed by atoms with Crippen LogP contribution in [-0.2, 0) is 12.8 Å². The third-order valence-electron chi connectivity index (χ3n) is 6.12. The van der Waals surface area contributed by atoms with Gasteiger partial charge in [-0.05, 0) is 60.1 Å². The number of aliphatic imine (C=N–C) groups is 1. The van der Waals surface area contributed by atoms with E-state index in [0.29, 0.717) is 5.41 Å². The smallest absolute Gasteiger partial charge is 0.212 e. The highest BCUT2D eigenvalue weighted by Crippen LogP contribution is 2.46. The molecule has 1 aliphatic carbocycles. The molecule has 160 valence electrons. The lowest BCUT2D eigenvalue weighted by Crippen LogP contribution is -2.43. The molecule has 1 spiro atoms. The molecule has 0 radical (unpaired) electrons. The summed E-state index contributed by atoms with van der Waals surface area (Å²) in [6.07, 6.45) is 12.9. The predicted octanol–water partition coefficient (Wildman–Crippen LogP) is 5.22. The van der Waals surface area contributed by atoms with Gasteiger partial charge in [0.2, 0.25) is 5.96 Å². The topological polar surface area (TPSA) is 48.8 Å². The largest absolute Gasteiger partial charge is 0.354 e. The highest BCUT2D eigenvalue weighted by molar-refractivity contribution is 6.09. The second kappa shape index (κ2) is 9.78. The van der Waals surface area contributed by atoms with Crippen molar-refractivity contribution in [3.05, 3.63) is 82.9 Å². The van der Waals surface area contributed by atoms with Crippen LogP contribution in [0.1, 0.15) is 48.9 Å². The molecule has 1 aliphatic heterocycles. The summed E-state index contributed by atoms with van der Waals surface area (Å²) in [5.74, 6) is 0.761. The Morgan fingerprint density at radius 3 is 1.90 bits per heavy atom. The Morgan fingerprint density at radius 2 is 1.48 bits per heavy atom. The molecule has 4 heteroatoms. The van der Waals surface area contributed by atoms with Crippen molar-refractivity contribution in [2.45, 2.75) is 39.5 Å². The van der Waals surface area contributed by atoms with E-state index in [1.807, 2.05) is 12.2 Å². The number of nitrogens with zero attached hydrogens (tertiary/aromatic N) is 2. The number of hydrogen-bond donors (Lipinski definition) is 2. The van der Waals surface area contributed by atoms with E-state index in [2.05, 4.69) is 95.4 Å². The summed E-state index contributed by atoms with van der Waals surface area (Å²) in [5.41, 5.74) is 9.40. The van der Waals surface area contributed by atoms with Gasteiger partial charge in [0, 0.05) is 12.0 Å². The van der Waals surface area contributed by atoms with Crippen molar-refractivity contribution >= 4 is 23.8 Å². The van der Waals surface area contributed by atoms with Crippen molar-refractivity contribution in [3.63, 3.8) is 0 Å². The fourth-order valence-corrected chi connectivity index (χ4v) is 3.56. The van der Waals surface area contributed by atoms with Gasteiger partial charge in [-0.25, -0.2) is 5.43 Å². The van der Waals surface area contributed by atoms with Crippen LogP contribution in [0.5, 0.6) is 0 Å². The number of allylic oxidation sites excluding steroid dienone is 2. The highest BCUT2D eigenvalue weighted by atomic mass is 15.4. The van der Waals surface area contributed by atoms with Crippen molar-refractivity contribution in [2.75, 3.05) is 13.1 Å². The molecule has 2 aromatic rings. The standard InChI is InChI=1S/C27H32N4/c1-3-21-5-9-23(10-6-21)13-15-25(16-14-24-11-7-22(4-2)8-12-24)30-31-26-28-19-27(17-18-27)20-29-26/h5-16H,3-4,17-20H2,1-2H3,(H2,28,29,31)/b15-13+,16-14+. The first-order chi connectivity index (χ1) is 15.2. The molecule has 2 N–H and O–H groups in total. The van der Waals surface area contributed by atoms with Gasteiger partial charge in [0.05, 0.1) is 12.3 Å². The molecule has 0 saturated heterocycles. The lowest BCUT2D eigenvalue weighted by Gasteiger charge is -2.21. The molecule has 2 aliphatic rings. The van der Waals surface area contributed by atoms with Crippen LogP contribution in [0.25, 0.3) is 12.2 Å². The zero-order valence-electron chi connectivity index (χ0n) is 18.6. The van der Waals surface area contributed by atoms with E-state index in [-0.39, 0.29) is 0 Å². The molecule has 0 atom stereocenters. The molecule has 0 unspecified atom stereocenters.